The van der Waals surface area contributed by atoms with Crippen molar-refractivity contribution < 1.29 is 27.1 Å². The lowest BCUT2D eigenvalue weighted by molar-refractivity contribution is 0.0533. The average molecular weight is 530 g/mol. The second-order valence-corrected chi connectivity index (χ2v) is 11.9. The van der Waals surface area contributed by atoms with E-state index in [9.17, 15) is 22.4 Å². The lowest BCUT2D eigenvalue weighted by Gasteiger charge is -2.19. The number of hydrogen-bond donors (Lipinski definition) is 1. The molecule has 8 nitrogen and oxygen atoms in total. The maximum atomic E-state index is 15.0. The molecule has 0 radical (unpaired) electrons. The maximum absolute atomic E-state index is 15.0. The summed E-state index contributed by atoms with van der Waals surface area (Å²) in [5, 5.41) is 3.19. The van der Waals surface area contributed by atoms with Crippen LogP contribution < -0.4 is 5.32 Å². The van der Waals surface area contributed by atoms with Crippen molar-refractivity contribution in [3.05, 3.63) is 65.6 Å². The summed E-state index contributed by atoms with van der Waals surface area (Å²) in [5.74, 6) is -0.481. The molecule has 1 N–H and O–H groups in total. The van der Waals surface area contributed by atoms with Gasteiger partial charge in [0.25, 0.3) is 0 Å². The van der Waals surface area contributed by atoms with Gasteiger partial charge in [-0.1, -0.05) is 12.1 Å². The molecular formula is C27H32FN3O5S. The average Bonchev–Trinajstić information content (AvgIpc) is 3.08. The lowest BCUT2D eigenvalue weighted by atomic mass is 10.0. The third kappa shape index (κ3) is 6.44. The third-order valence-electron chi connectivity index (χ3n) is 5.66. The Morgan fingerprint density at radius 2 is 1.86 bits per heavy atom. The molecule has 0 atom stereocenters. The molecule has 0 saturated carbocycles. The highest BCUT2D eigenvalue weighted by Gasteiger charge is 2.21. The van der Waals surface area contributed by atoms with Gasteiger partial charge in [0.05, 0.1) is 11.4 Å². The lowest BCUT2D eigenvalue weighted by Crippen LogP contribution is -2.32. The molecule has 3 rings (SSSR count). The van der Waals surface area contributed by atoms with Gasteiger partial charge < -0.3 is 14.6 Å². The van der Waals surface area contributed by atoms with Crippen molar-refractivity contribution in [1.82, 2.24) is 14.2 Å². The molecule has 2 aromatic carbocycles. The monoisotopic (exact) mass is 529 g/mol. The van der Waals surface area contributed by atoms with Crippen molar-refractivity contribution in [2.75, 3.05) is 20.6 Å². The topological polar surface area (TPSA) is 97.7 Å². The molecule has 0 fully saturated rings. The zero-order valence-electron chi connectivity index (χ0n) is 21.8. The first kappa shape index (κ1) is 28.1. The number of sulfonamides is 1. The van der Waals surface area contributed by atoms with Gasteiger partial charge in [0.15, 0.2) is 0 Å². The Labute approximate surface area is 216 Å². The fourth-order valence-corrected chi connectivity index (χ4v) is 4.89. The SMILES string of the molecule is Cc1c(-c2cccc(S(=O)(=O)N(C)C)c2)c2cc(C=O)ccc2n1C/C(F)=C/CNC(=O)OC(C)(C)C. The number of ether oxygens (including phenoxy) is 1. The van der Waals surface area contributed by atoms with Gasteiger partial charge >= 0.3 is 6.09 Å². The number of halogens is 1. The summed E-state index contributed by atoms with van der Waals surface area (Å²) in [4.78, 5) is 23.4. The number of amides is 1. The van der Waals surface area contributed by atoms with Crippen molar-refractivity contribution in [1.29, 1.82) is 0 Å². The molecule has 0 spiro atoms. The highest BCUT2D eigenvalue weighted by Crippen LogP contribution is 2.36. The van der Waals surface area contributed by atoms with Crippen LogP contribution in [0.25, 0.3) is 22.0 Å². The van der Waals surface area contributed by atoms with Crippen molar-refractivity contribution in [2.45, 2.75) is 44.7 Å². The van der Waals surface area contributed by atoms with E-state index < -0.39 is 27.5 Å². The largest absolute Gasteiger partial charge is 0.444 e. The van der Waals surface area contributed by atoms with Crippen LogP contribution in [0.15, 0.2) is 59.3 Å². The van der Waals surface area contributed by atoms with Crippen molar-refractivity contribution >= 4 is 33.3 Å². The fraction of sp³-hybridized carbons (Fsp3) is 0.333. The summed E-state index contributed by atoms with van der Waals surface area (Å²) in [6.45, 7) is 6.86. The zero-order valence-corrected chi connectivity index (χ0v) is 22.6. The van der Waals surface area contributed by atoms with Crippen LogP contribution in [-0.4, -0.2) is 55.9 Å². The number of rotatable bonds is 8. The summed E-state index contributed by atoms with van der Waals surface area (Å²) >= 11 is 0. The van der Waals surface area contributed by atoms with Crippen LogP contribution >= 0.6 is 0 Å². The molecule has 0 bridgehead atoms. The minimum absolute atomic E-state index is 0.0500. The smallest absolute Gasteiger partial charge is 0.407 e. The number of benzene rings is 2. The maximum Gasteiger partial charge on any atom is 0.407 e. The Balaban J connectivity index is 2.02. The van der Waals surface area contributed by atoms with Gasteiger partial charge in [-0.3, -0.25) is 4.79 Å². The predicted octanol–water partition coefficient (Wildman–Crippen LogP) is 5.06. The molecule has 3 aromatic rings. The van der Waals surface area contributed by atoms with Crippen LogP contribution in [0.5, 0.6) is 0 Å². The van der Waals surface area contributed by atoms with Crippen LogP contribution in [0, 0.1) is 6.92 Å². The summed E-state index contributed by atoms with van der Waals surface area (Å²) in [6, 6.07) is 11.6. The molecule has 0 aliphatic carbocycles. The van der Waals surface area contributed by atoms with Gasteiger partial charge in [-0.15, -0.1) is 0 Å². The Morgan fingerprint density at radius 1 is 1.16 bits per heavy atom. The van der Waals surface area contributed by atoms with Crippen molar-refractivity contribution in [3.63, 3.8) is 0 Å². The van der Waals surface area contributed by atoms with E-state index in [4.69, 9.17) is 4.74 Å². The third-order valence-corrected chi connectivity index (χ3v) is 7.47. The number of nitrogens with zero attached hydrogens (tertiary/aromatic N) is 2. The number of fused-ring (bicyclic) bond motifs is 1. The first-order valence-electron chi connectivity index (χ1n) is 11.7. The standard InChI is InChI=1S/C27H32FN3O5S/c1-18-25(20-8-7-9-22(15-20)37(34,35)30(5)6)23-14-19(17-32)10-11-24(23)31(18)16-21(28)12-13-29-26(33)36-27(2,3)4/h7-12,14-15,17H,13,16H2,1-6H3,(H,29,33)/b21-12-. The Kier molecular flexibility index (Phi) is 8.24. The fourth-order valence-electron chi connectivity index (χ4n) is 3.94. The minimum Gasteiger partial charge on any atom is -0.444 e. The van der Waals surface area contributed by atoms with Crippen LogP contribution in [0.3, 0.4) is 0 Å². The second kappa shape index (κ2) is 10.9. The molecule has 0 aliphatic heterocycles. The van der Waals surface area contributed by atoms with Gasteiger partial charge in [0, 0.05) is 48.4 Å². The van der Waals surface area contributed by atoms with Gasteiger partial charge in [-0.25, -0.2) is 21.9 Å². The number of hydrogen-bond acceptors (Lipinski definition) is 5. The Morgan fingerprint density at radius 3 is 2.49 bits per heavy atom. The molecule has 198 valence electrons. The molecule has 0 unspecified atom stereocenters. The van der Waals surface area contributed by atoms with E-state index in [2.05, 4.69) is 5.32 Å². The molecule has 0 saturated heterocycles. The number of aldehydes is 1. The number of carbonyl (C=O) groups is 2. The normalized spacial score (nSPS) is 12.7. The summed E-state index contributed by atoms with van der Waals surface area (Å²) in [7, 11) is -0.750. The van der Waals surface area contributed by atoms with E-state index in [0.29, 0.717) is 33.3 Å². The molecule has 37 heavy (non-hydrogen) atoms. The first-order chi connectivity index (χ1) is 17.2. The van der Waals surface area contributed by atoms with Crippen LogP contribution in [0.4, 0.5) is 9.18 Å². The van der Waals surface area contributed by atoms with Crippen molar-refractivity contribution in [3.8, 4) is 11.1 Å². The Hall–Kier alpha value is -3.50. The number of alkyl carbamates (subject to hydrolysis) is 1. The molecular weight excluding hydrogens is 497 g/mol. The van der Waals surface area contributed by atoms with E-state index in [1.54, 1.807) is 61.7 Å². The van der Waals surface area contributed by atoms with Gasteiger partial charge in [-0.2, -0.15) is 0 Å². The summed E-state index contributed by atoms with van der Waals surface area (Å²) < 4.78 is 48.4. The van der Waals surface area contributed by atoms with Crippen LogP contribution in [-0.2, 0) is 21.3 Å². The van der Waals surface area contributed by atoms with E-state index in [1.807, 2.05) is 6.92 Å². The van der Waals surface area contributed by atoms with E-state index in [0.717, 1.165) is 10.6 Å². The molecule has 1 amide bonds. The van der Waals surface area contributed by atoms with Crippen LogP contribution in [0.1, 0.15) is 36.8 Å². The van der Waals surface area contributed by atoms with Gasteiger partial charge in [0.1, 0.15) is 17.7 Å². The number of carbonyl (C=O) groups excluding carboxylic acids is 2. The number of nitrogens with one attached hydrogen (secondary N) is 1. The second-order valence-electron chi connectivity index (χ2n) is 9.79. The highest BCUT2D eigenvalue weighted by molar-refractivity contribution is 7.89. The van der Waals surface area contributed by atoms with E-state index in [-0.39, 0.29) is 18.0 Å². The zero-order chi connectivity index (χ0) is 27.5. The predicted molar refractivity (Wildman–Crippen MR) is 142 cm³/mol. The Bertz CT molecular complexity index is 1470. The van der Waals surface area contributed by atoms with Crippen molar-refractivity contribution in [2.24, 2.45) is 0 Å². The quantitative estimate of drug-likeness (QED) is 0.412. The molecule has 10 heteroatoms. The van der Waals surface area contributed by atoms with Gasteiger partial charge in [0.2, 0.25) is 10.0 Å². The van der Waals surface area contributed by atoms with Crippen LogP contribution in [0.2, 0.25) is 0 Å². The summed E-state index contributed by atoms with van der Waals surface area (Å²) in [6.07, 6.45) is 1.35. The highest BCUT2D eigenvalue weighted by atomic mass is 32.2. The minimum atomic E-state index is -3.67. The molecule has 1 aromatic heterocycles. The molecule has 1 heterocycles. The van der Waals surface area contributed by atoms with E-state index in [1.165, 1.54) is 26.2 Å². The summed E-state index contributed by atoms with van der Waals surface area (Å²) in [5.41, 5.74) is 2.50. The van der Waals surface area contributed by atoms with E-state index >= 15 is 0 Å². The number of aromatic nitrogens is 1. The first-order valence-corrected chi connectivity index (χ1v) is 13.1. The number of allylic oxidation sites excluding steroid dienone is 1. The van der Waals surface area contributed by atoms with Gasteiger partial charge in [-0.05, 0) is 69.7 Å². The molecule has 0 aliphatic rings.